The van der Waals surface area contributed by atoms with Crippen LogP contribution in [0.5, 0.6) is 5.75 Å². The summed E-state index contributed by atoms with van der Waals surface area (Å²) in [7, 11) is 0. The third kappa shape index (κ3) is 2.49. The van der Waals surface area contributed by atoms with E-state index in [2.05, 4.69) is 0 Å². The molecule has 1 N–H and O–H groups in total. The van der Waals surface area contributed by atoms with Crippen molar-refractivity contribution in [1.29, 1.82) is 0 Å². The van der Waals surface area contributed by atoms with Gasteiger partial charge in [0, 0.05) is 11.0 Å². The van der Waals surface area contributed by atoms with Crippen LogP contribution >= 0.6 is 0 Å². The van der Waals surface area contributed by atoms with Gasteiger partial charge in [0.1, 0.15) is 17.4 Å². The zero-order valence-corrected chi connectivity index (χ0v) is 12.7. The summed E-state index contributed by atoms with van der Waals surface area (Å²) in [5, 5.41) is 9.76. The topological polar surface area (TPSA) is 20.2 Å². The van der Waals surface area contributed by atoms with Crippen molar-refractivity contribution in [1.82, 2.24) is 0 Å². The van der Waals surface area contributed by atoms with Crippen LogP contribution in [-0.2, 0) is 5.41 Å². The van der Waals surface area contributed by atoms with E-state index >= 15 is 0 Å². The standard InChI is InChI=1S/C19H20F2O/c1-13-11-14(5-8-18(13)22)19(9-3-2-4-10-19)16-12-15(20)6-7-17(16)21/h5-8,11-12,22H,2-4,9-10H2,1H3. The molecule has 116 valence electrons. The van der Waals surface area contributed by atoms with E-state index < -0.39 is 11.2 Å². The summed E-state index contributed by atoms with van der Waals surface area (Å²) in [5.74, 6) is -0.527. The van der Waals surface area contributed by atoms with E-state index in [4.69, 9.17) is 0 Å². The first kappa shape index (κ1) is 15.0. The van der Waals surface area contributed by atoms with Crippen LogP contribution in [0.3, 0.4) is 0 Å². The molecule has 1 fully saturated rings. The van der Waals surface area contributed by atoms with Gasteiger partial charge in [-0.25, -0.2) is 8.78 Å². The molecule has 2 aromatic carbocycles. The van der Waals surface area contributed by atoms with Crippen LogP contribution in [-0.4, -0.2) is 5.11 Å². The Morgan fingerprint density at radius 1 is 0.955 bits per heavy atom. The largest absolute Gasteiger partial charge is 0.508 e. The summed E-state index contributed by atoms with van der Waals surface area (Å²) in [6.45, 7) is 1.83. The highest BCUT2D eigenvalue weighted by Gasteiger charge is 2.38. The van der Waals surface area contributed by atoms with Crippen molar-refractivity contribution in [2.45, 2.75) is 44.4 Å². The minimum Gasteiger partial charge on any atom is -0.508 e. The van der Waals surface area contributed by atoms with Gasteiger partial charge in [0.15, 0.2) is 0 Å². The maximum absolute atomic E-state index is 14.4. The van der Waals surface area contributed by atoms with Crippen molar-refractivity contribution in [3.05, 3.63) is 64.7 Å². The molecule has 0 bridgehead atoms. The molecule has 22 heavy (non-hydrogen) atoms. The molecule has 0 spiro atoms. The van der Waals surface area contributed by atoms with Crippen LogP contribution in [0.1, 0.15) is 48.8 Å². The lowest BCUT2D eigenvalue weighted by molar-refractivity contribution is 0.333. The predicted molar refractivity (Wildman–Crippen MR) is 83.1 cm³/mol. The summed E-state index contributed by atoms with van der Waals surface area (Å²) in [6, 6.07) is 9.12. The maximum Gasteiger partial charge on any atom is 0.127 e. The molecule has 0 heterocycles. The Bertz CT molecular complexity index is 688. The first-order chi connectivity index (χ1) is 10.5. The van der Waals surface area contributed by atoms with Gasteiger partial charge >= 0.3 is 0 Å². The molecular weight excluding hydrogens is 282 g/mol. The van der Waals surface area contributed by atoms with Gasteiger partial charge < -0.3 is 5.11 Å². The number of halogens is 2. The minimum absolute atomic E-state index is 0.231. The number of aryl methyl sites for hydroxylation is 1. The summed E-state index contributed by atoms with van der Waals surface area (Å²) in [4.78, 5) is 0. The number of aromatic hydroxyl groups is 1. The van der Waals surface area contributed by atoms with Gasteiger partial charge in [-0.1, -0.05) is 31.4 Å². The molecule has 1 aliphatic rings. The maximum atomic E-state index is 14.4. The van der Waals surface area contributed by atoms with E-state index in [9.17, 15) is 13.9 Å². The lowest BCUT2D eigenvalue weighted by Crippen LogP contribution is -2.31. The summed E-state index contributed by atoms with van der Waals surface area (Å²) in [5.41, 5.74) is 1.67. The van der Waals surface area contributed by atoms with Crippen LogP contribution in [0.2, 0.25) is 0 Å². The highest BCUT2D eigenvalue weighted by molar-refractivity contribution is 5.45. The molecule has 0 amide bonds. The third-order valence-corrected chi connectivity index (χ3v) is 4.90. The second kappa shape index (κ2) is 5.71. The molecule has 1 saturated carbocycles. The zero-order chi connectivity index (χ0) is 15.7. The average Bonchev–Trinajstić information content (AvgIpc) is 2.53. The van der Waals surface area contributed by atoms with Gasteiger partial charge in [0.25, 0.3) is 0 Å². The Kier molecular flexibility index (Phi) is 3.90. The second-order valence-electron chi connectivity index (χ2n) is 6.27. The Hall–Kier alpha value is -1.90. The molecule has 0 aromatic heterocycles. The van der Waals surface area contributed by atoms with Crippen LogP contribution < -0.4 is 0 Å². The molecule has 0 aliphatic heterocycles. The summed E-state index contributed by atoms with van der Waals surface area (Å²) in [6.07, 6.45) is 4.72. The van der Waals surface area contributed by atoms with E-state index in [0.29, 0.717) is 5.56 Å². The number of hydrogen-bond donors (Lipinski definition) is 1. The molecule has 1 nitrogen and oxygen atoms in total. The van der Waals surface area contributed by atoms with E-state index in [1.807, 2.05) is 19.1 Å². The number of benzene rings is 2. The third-order valence-electron chi connectivity index (χ3n) is 4.90. The Morgan fingerprint density at radius 2 is 1.68 bits per heavy atom. The summed E-state index contributed by atoms with van der Waals surface area (Å²) < 4.78 is 28.2. The van der Waals surface area contributed by atoms with Crippen LogP contribution in [0, 0.1) is 18.6 Å². The van der Waals surface area contributed by atoms with Crippen molar-refractivity contribution in [2.75, 3.05) is 0 Å². The highest BCUT2D eigenvalue weighted by atomic mass is 19.1. The van der Waals surface area contributed by atoms with Crippen LogP contribution in [0.15, 0.2) is 36.4 Å². The minimum atomic E-state index is -0.497. The quantitative estimate of drug-likeness (QED) is 0.805. The molecule has 0 saturated heterocycles. The van der Waals surface area contributed by atoms with E-state index in [1.165, 1.54) is 12.1 Å². The van der Waals surface area contributed by atoms with Crippen molar-refractivity contribution in [2.24, 2.45) is 0 Å². The van der Waals surface area contributed by atoms with E-state index in [-0.39, 0.29) is 11.6 Å². The Labute approximate surface area is 129 Å². The fraction of sp³-hybridized carbons (Fsp3) is 0.368. The van der Waals surface area contributed by atoms with E-state index in [0.717, 1.165) is 49.3 Å². The lowest BCUT2D eigenvalue weighted by atomic mass is 9.65. The molecule has 0 unspecified atom stereocenters. The lowest BCUT2D eigenvalue weighted by Gasteiger charge is -2.39. The van der Waals surface area contributed by atoms with Crippen LogP contribution in [0.4, 0.5) is 8.78 Å². The van der Waals surface area contributed by atoms with Gasteiger partial charge in [0.2, 0.25) is 0 Å². The number of hydrogen-bond acceptors (Lipinski definition) is 1. The van der Waals surface area contributed by atoms with E-state index in [1.54, 1.807) is 6.07 Å². The molecule has 2 aromatic rings. The van der Waals surface area contributed by atoms with Crippen LogP contribution in [0.25, 0.3) is 0 Å². The number of phenols is 1. The van der Waals surface area contributed by atoms with Crippen molar-refractivity contribution < 1.29 is 13.9 Å². The smallest absolute Gasteiger partial charge is 0.127 e. The number of rotatable bonds is 2. The first-order valence-electron chi connectivity index (χ1n) is 7.78. The number of phenolic OH excluding ortho intramolecular Hbond substituents is 1. The monoisotopic (exact) mass is 302 g/mol. The van der Waals surface area contributed by atoms with Crippen molar-refractivity contribution in [3.63, 3.8) is 0 Å². The second-order valence-corrected chi connectivity index (χ2v) is 6.27. The molecule has 1 aliphatic carbocycles. The van der Waals surface area contributed by atoms with Crippen molar-refractivity contribution in [3.8, 4) is 5.75 Å². The summed E-state index contributed by atoms with van der Waals surface area (Å²) >= 11 is 0. The molecule has 0 atom stereocenters. The highest BCUT2D eigenvalue weighted by Crippen LogP contribution is 2.46. The van der Waals surface area contributed by atoms with Gasteiger partial charge in [-0.2, -0.15) is 0 Å². The van der Waals surface area contributed by atoms with Gasteiger partial charge in [-0.3, -0.25) is 0 Å². The molecule has 3 rings (SSSR count). The van der Waals surface area contributed by atoms with Gasteiger partial charge in [0.05, 0.1) is 0 Å². The molecule has 3 heteroatoms. The fourth-order valence-corrected chi connectivity index (χ4v) is 3.69. The zero-order valence-electron chi connectivity index (χ0n) is 12.7. The van der Waals surface area contributed by atoms with Gasteiger partial charge in [-0.05, 0) is 55.2 Å². The Morgan fingerprint density at radius 3 is 2.36 bits per heavy atom. The SMILES string of the molecule is Cc1cc(C2(c3cc(F)ccc3F)CCCCC2)ccc1O. The molecular formula is C19H20F2O. The Balaban J connectivity index is 2.20. The van der Waals surface area contributed by atoms with Crippen molar-refractivity contribution >= 4 is 0 Å². The first-order valence-corrected chi connectivity index (χ1v) is 7.78. The fourth-order valence-electron chi connectivity index (χ4n) is 3.69. The predicted octanol–water partition coefficient (Wildman–Crippen LogP) is 5.23. The molecule has 0 radical (unpaired) electrons. The normalized spacial score (nSPS) is 17.4. The van der Waals surface area contributed by atoms with Gasteiger partial charge in [-0.15, -0.1) is 0 Å². The average molecular weight is 302 g/mol.